The van der Waals surface area contributed by atoms with Gasteiger partial charge in [-0.25, -0.2) is 14.6 Å². The number of rotatable bonds is 4. The van der Waals surface area contributed by atoms with Gasteiger partial charge in [0.1, 0.15) is 7.14 Å². The van der Waals surface area contributed by atoms with Gasteiger partial charge in [0.05, 0.1) is 22.9 Å². The lowest BCUT2D eigenvalue weighted by Gasteiger charge is -2.26. The Labute approximate surface area is 185 Å². The molecule has 2 aromatic carbocycles. The first-order valence-corrected chi connectivity index (χ1v) is 12.9. The normalized spacial score (nSPS) is 12.5. The maximum Gasteiger partial charge on any atom is 0.221 e. The van der Waals surface area contributed by atoms with Crippen molar-refractivity contribution in [1.29, 1.82) is 0 Å². The minimum Gasteiger partial charge on any atom is -0.319 e. The Kier molecular flexibility index (Phi) is 4.68. The Morgan fingerprint density at radius 1 is 0.969 bits per heavy atom. The molecule has 0 unspecified atom stereocenters. The number of hydrogen-bond acceptors (Lipinski definition) is 6. The summed E-state index contributed by atoms with van der Waals surface area (Å²) >= 11 is 0. The zero-order valence-electron chi connectivity index (χ0n) is 18.4. The molecule has 160 valence electrons. The highest BCUT2D eigenvalue weighted by Gasteiger charge is 2.28. The van der Waals surface area contributed by atoms with Crippen molar-refractivity contribution < 1.29 is 4.57 Å². The molecule has 0 radical (unpaired) electrons. The molecule has 0 saturated heterocycles. The molecule has 32 heavy (non-hydrogen) atoms. The van der Waals surface area contributed by atoms with Crippen molar-refractivity contribution in [2.75, 3.05) is 13.3 Å². The Morgan fingerprint density at radius 3 is 2.50 bits per heavy atom. The highest BCUT2D eigenvalue weighted by molar-refractivity contribution is 7.70. The summed E-state index contributed by atoms with van der Waals surface area (Å²) in [4.78, 5) is 13.7. The van der Waals surface area contributed by atoms with Crippen LogP contribution in [0.1, 0.15) is 19.4 Å². The van der Waals surface area contributed by atoms with E-state index in [0.717, 1.165) is 27.3 Å². The van der Waals surface area contributed by atoms with E-state index >= 15 is 0 Å². The molecule has 0 spiro atoms. The van der Waals surface area contributed by atoms with Gasteiger partial charge in [0, 0.05) is 22.5 Å². The first-order valence-electron chi connectivity index (χ1n) is 10.3. The summed E-state index contributed by atoms with van der Waals surface area (Å²) < 4.78 is 14.1. The van der Waals surface area contributed by atoms with Crippen molar-refractivity contribution >= 4 is 34.6 Å². The predicted molar refractivity (Wildman–Crippen MR) is 128 cm³/mol. The number of aromatic nitrogens is 6. The molecule has 5 rings (SSSR count). The maximum atomic E-state index is 12.3. The Balaban J connectivity index is 1.59. The Hall–Kier alpha value is -3.44. The SMILES string of the molecule is CC(C)(c1ccc2ncccc2c1)n1nnc2ncc(-c3ccc(P(C)(C)=O)cc3)nc21. The minimum absolute atomic E-state index is 0.493. The van der Waals surface area contributed by atoms with Crippen molar-refractivity contribution in [3.8, 4) is 11.3 Å². The molecule has 5 aromatic rings. The van der Waals surface area contributed by atoms with Crippen LogP contribution in [-0.2, 0) is 10.1 Å². The molecule has 0 amide bonds. The smallest absolute Gasteiger partial charge is 0.221 e. The average Bonchev–Trinajstić information content (AvgIpc) is 3.22. The largest absolute Gasteiger partial charge is 0.319 e. The van der Waals surface area contributed by atoms with Gasteiger partial charge in [-0.1, -0.05) is 41.6 Å². The quantitative estimate of drug-likeness (QED) is 0.382. The van der Waals surface area contributed by atoms with E-state index in [1.165, 1.54) is 0 Å². The molecule has 7 nitrogen and oxygen atoms in total. The summed E-state index contributed by atoms with van der Waals surface area (Å²) in [6, 6.07) is 17.8. The molecular weight excluding hydrogens is 419 g/mol. The van der Waals surface area contributed by atoms with Crippen molar-refractivity contribution in [1.82, 2.24) is 29.9 Å². The molecule has 3 aromatic heterocycles. The molecule has 0 aliphatic heterocycles. The second-order valence-corrected chi connectivity index (χ2v) is 12.0. The standard InChI is InChI=1S/C24H23N6OP/c1-24(2,18-9-12-20-17(14-18)6-5-13-25-20)30-23-22(28-29-30)26-15-21(27-23)16-7-10-19(11-8-16)32(3,4)31/h5-15H,1-4H3. The molecule has 0 atom stereocenters. The number of fused-ring (bicyclic) bond motifs is 2. The van der Waals surface area contributed by atoms with Crippen molar-refractivity contribution in [2.45, 2.75) is 19.4 Å². The first-order chi connectivity index (χ1) is 15.2. The number of hydrogen-bond donors (Lipinski definition) is 0. The Morgan fingerprint density at radius 2 is 1.75 bits per heavy atom. The third kappa shape index (κ3) is 3.49. The van der Waals surface area contributed by atoms with Crippen molar-refractivity contribution in [3.05, 3.63) is 72.6 Å². The van der Waals surface area contributed by atoms with Crippen LogP contribution < -0.4 is 5.30 Å². The molecule has 0 saturated carbocycles. The zero-order valence-corrected chi connectivity index (χ0v) is 19.3. The number of pyridine rings is 1. The van der Waals surface area contributed by atoms with Gasteiger partial charge in [-0.05, 0) is 50.9 Å². The fraction of sp³-hybridized carbons (Fsp3) is 0.208. The van der Waals surface area contributed by atoms with Gasteiger partial charge < -0.3 is 4.57 Å². The van der Waals surface area contributed by atoms with Crippen molar-refractivity contribution in [2.24, 2.45) is 0 Å². The lowest BCUT2D eigenvalue weighted by atomic mass is 9.93. The second kappa shape index (κ2) is 7.31. The maximum absolute atomic E-state index is 12.3. The first kappa shape index (κ1) is 20.5. The molecule has 0 fully saturated rings. The van der Waals surface area contributed by atoms with E-state index in [9.17, 15) is 4.57 Å². The molecule has 0 N–H and O–H groups in total. The summed E-state index contributed by atoms with van der Waals surface area (Å²) in [5.74, 6) is 0. The zero-order chi connectivity index (χ0) is 22.5. The van der Waals surface area contributed by atoms with Gasteiger partial charge in [0.15, 0.2) is 5.65 Å². The molecule has 3 heterocycles. The fourth-order valence-electron chi connectivity index (χ4n) is 3.80. The molecule has 0 bridgehead atoms. The van der Waals surface area contributed by atoms with E-state index in [2.05, 4.69) is 52.3 Å². The van der Waals surface area contributed by atoms with Crippen LogP contribution in [0.3, 0.4) is 0 Å². The van der Waals surface area contributed by atoms with Crippen LogP contribution in [0.15, 0.2) is 67.0 Å². The summed E-state index contributed by atoms with van der Waals surface area (Å²) in [7, 11) is -2.31. The minimum atomic E-state index is -2.31. The van der Waals surface area contributed by atoms with Gasteiger partial charge in [-0.15, -0.1) is 5.10 Å². The Bertz CT molecular complexity index is 1500. The van der Waals surface area contributed by atoms with Crippen LogP contribution in [0, 0.1) is 0 Å². The van der Waals surface area contributed by atoms with E-state index in [4.69, 9.17) is 4.98 Å². The third-order valence-corrected chi connectivity index (χ3v) is 7.33. The average molecular weight is 442 g/mol. The summed E-state index contributed by atoms with van der Waals surface area (Å²) in [6.07, 6.45) is 3.49. The molecule has 0 aliphatic carbocycles. The fourth-order valence-corrected chi connectivity index (χ4v) is 4.67. The highest BCUT2D eigenvalue weighted by Crippen LogP contribution is 2.35. The predicted octanol–water partition coefficient (Wildman–Crippen LogP) is 4.47. The van der Waals surface area contributed by atoms with Gasteiger partial charge >= 0.3 is 0 Å². The lowest BCUT2D eigenvalue weighted by Crippen LogP contribution is -2.29. The van der Waals surface area contributed by atoms with Crippen LogP contribution in [0.4, 0.5) is 0 Å². The van der Waals surface area contributed by atoms with Crippen LogP contribution in [0.25, 0.3) is 33.5 Å². The van der Waals surface area contributed by atoms with Crippen molar-refractivity contribution in [3.63, 3.8) is 0 Å². The van der Waals surface area contributed by atoms with Gasteiger partial charge in [-0.2, -0.15) is 0 Å². The summed E-state index contributed by atoms with van der Waals surface area (Å²) in [6.45, 7) is 7.70. The summed E-state index contributed by atoms with van der Waals surface area (Å²) in [5.41, 5.74) is 4.24. The topological polar surface area (TPSA) is 86.5 Å². The summed E-state index contributed by atoms with van der Waals surface area (Å²) in [5, 5.41) is 10.5. The molecule has 8 heteroatoms. The highest BCUT2D eigenvalue weighted by atomic mass is 31.2. The van der Waals surface area contributed by atoms with Gasteiger partial charge in [0.25, 0.3) is 0 Å². The van der Waals surface area contributed by atoms with E-state index < -0.39 is 12.7 Å². The van der Waals surface area contributed by atoms with E-state index in [0.29, 0.717) is 17.0 Å². The lowest BCUT2D eigenvalue weighted by molar-refractivity contribution is 0.391. The third-order valence-electron chi connectivity index (χ3n) is 5.79. The van der Waals surface area contributed by atoms with Gasteiger partial charge in [0.2, 0.25) is 5.65 Å². The van der Waals surface area contributed by atoms with Crippen LogP contribution in [0.5, 0.6) is 0 Å². The van der Waals surface area contributed by atoms with Crippen LogP contribution in [0.2, 0.25) is 0 Å². The van der Waals surface area contributed by atoms with Gasteiger partial charge in [-0.3, -0.25) is 4.98 Å². The monoisotopic (exact) mass is 442 g/mol. The van der Waals surface area contributed by atoms with Crippen LogP contribution >= 0.6 is 7.14 Å². The van der Waals surface area contributed by atoms with E-state index in [1.54, 1.807) is 25.7 Å². The second-order valence-electron chi connectivity index (χ2n) is 8.77. The number of benzene rings is 2. The van der Waals surface area contributed by atoms with E-state index in [1.807, 2.05) is 41.1 Å². The number of nitrogens with zero attached hydrogens (tertiary/aromatic N) is 6. The van der Waals surface area contributed by atoms with Crippen LogP contribution in [-0.4, -0.2) is 43.3 Å². The molecule has 0 aliphatic rings. The van der Waals surface area contributed by atoms with E-state index in [-0.39, 0.29) is 0 Å². The molecular formula is C24H23N6OP.